The number of nitro groups is 1. The molecule has 1 aliphatic rings. The van der Waals surface area contributed by atoms with Gasteiger partial charge in [-0.15, -0.1) is 0 Å². The number of fused-ring (bicyclic) bond motifs is 1. The van der Waals surface area contributed by atoms with Crippen LogP contribution in [-0.4, -0.2) is 33.3 Å². The van der Waals surface area contributed by atoms with Crippen molar-refractivity contribution in [3.63, 3.8) is 0 Å². The number of aromatic nitrogens is 1. The summed E-state index contributed by atoms with van der Waals surface area (Å²) in [6, 6.07) is 13.9. The number of piperidine rings is 1. The molecule has 0 spiro atoms. The third-order valence-electron chi connectivity index (χ3n) is 6.08. The first-order valence-electron chi connectivity index (χ1n) is 10.8. The van der Waals surface area contributed by atoms with Gasteiger partial charge >= 0.3 is 0 Å². The van der Waals surface area contributed by atoms with Gasteiger partial charge in [0.1, 0.15) is 0 Å². The zero-order valence-electron chi connectivity index (χ0n) is 18.0. The molecule has 2 N–H and O–H groups in total. The second-order valence-electron chi connectivity index (χ2n) is 8.35. The molecule has 8 heteroatoms. The zero-order chi connectivity index (χ0) is 22.7. The van der Waals surface area contributed by atoms with E-state index in [2.05, 4.69) is 34.3 Å². The van der Waals surface area contributed by atoms with Crippen LogP contribution in [0.2, 0.25) is 0 Å². The molecule has 0 bridgehead atoms. The molecule has 1 aliphatic heterocycles. The fraction of sp³-hybridized carbons (Fsp3) is 0.333. The first-order chi connectivity index (χ1) is 15.4. The van der Waals surface area contributed by atoms with Crippen LogP contribution in [0.1, 0.15) is 47.7 Å². The lowest BCUT2D eigenvalue weighted by Crippen LogP contribution is -2.36. The molecule has 166 valence electrons. The summed E-state index contributed by atoms with van der Waals surface area (Å²) in [5.74, 6) is -0.451. The van der Waals surface area contributed by atoms with E-state index in [1.807, 2.05) is 12.1 Å². The lowest BCUT2D eigenvalue weighted by molar-refractivity contribution is -0.384. The van der Waals surface area contributed by atoms with Gasteiger partial charge in [-0.2, -0.15) is 0 Å². The average Bonchev–Trinajstić information content (AvgIpc) is 2.79. The highest BCUT2D eigenvalue weighted by Crippen LogP contribution is 2.22. The van der Waals surface area contributed by atoms with Crippen LogP contribution in [0.4, 0.5) is 5.69 Å². The van der Waals surface area contributed by atoms with E-state index in [1.54, 1.807) is 0 Å². The molecule has 1 atom stereocenters. The summed E-state index contributed by atoms with van der Waals surface area (Å²) in [4.78, 5) is 40.4. The Bertz CT molecular complexity index is 1200. The Morgan fingerprint density at radius 3 is 2.62 bits per heavy atom. The van der Waals surface area contributed by atoms with Gasteiger partial charge in [-0.3, -0.25) is 24.6 Å². The van der Waals surface area contributed by atoms with Crippen molar-refractivity contribution in [2.24, 2.45) is 0 Å². The number of hydrogen-bond donors (Lipinski definition) is 2. The minimum absolute atomic E-state index is 0.114. The zero-order valence-corrected chi connectivity index (χ0v) is 18.0. The first-order valence-corrected chi connectivity index (χ1v) is 10.8. The van der Waals surface area contributed by atoms with Crippen LogP contribution in [0, 0.1) is 10.1 Å². The third-order valence-corrected chi connectivity index (χ3v) is 6.08. The molecule has 3 aromatic rings. The molecule has 0 saturated carbocycles. The summed E-state index contributed by atoms with van der Waals surface area (Å²) < 4.78 is 0. The Morgan fingerprint density at radius 1 is 1.16 bits per heavy atom. The predicted octanol–water partition coefficient (Wildman–Crippen LogP) is 3.74. The Morgan fingerprint density at radius 2 is 1.91 bits per heavy atom. The maximum atomic E-state index is 12.8. The van der Waals surface area contributed by atoms with Crippen LogP contribution in [0.15, 0.2) is 53.3 Å². The summed E-state index contributed by atoms with van der Waals surface area (Å²) in [7, 11) is 0. The number of hydrogen-bond acceptors (Lipinski definition) is 5. The summed E-state index contributed by atoms with van der Waals surface area (Å²) in [5, 5.41) is 14.3. The maximum absolute atomic E-state index is 12.8. The van der Waals surface area contributed by atoms with E-state index >= 15 is 0 Å². The maximum Gasteiger partial charge on any atom is 0.270 e. The van der Waals surface area contributed by atoms with Gasteiger partial charge in [-0.05, 0) is 43.5 Å². The van der Waals surface area contributed by atoms with E-state index in [0.29, 0.717) is 23.5 Å². The summed E-state index contributed by atoms with van der Waals surface area (Å²) in [5.41, 5.74) is 2.09. The van der Waals surface area contributed by atoms with Gasteiger partial charge in [0.05, 0.1) is 10.5 Å². The molecule has 1 fully saturated rings. The molecule has 2 heterocycles. The van der Waals surface area contributed by atoms with E-state index < -0.39 is 16.4 Å². The van der Waals surface area contributed by atoms with Crippen molar-refractivity contribution in [2.75, 3.05) is 6.54 Å². The first kappa shape index (κ1) is 21.7. The minimum atomic E-state index is -0.529. The van der Waals surface area contributed by atoms with E-state index in [4.69, 9.17) is 0 Å². The molecular weight excluding hydrogens is 408 g/mol. The number of aromatic amines is 1. The smallest absolute Gasteiger partial charge is 0.270 e. The quantitative estimate of drug-likeness (QED) is 0.454. The number of non-ortho nitro benzene ring substituents is 1. The lowest BCUT2D eigenvalue weighted by atomic mass is 10.0. The number of nitrogens with one attached hydrogen (secondary N) is 2. The average molecular weight is 434 g/mol. The van der Waals surface area contributed by atoms with Crippen molar-refractivity contribution in [1.29, 1.82) is 0 Å². The molecule has 8 nitrogen and oxygen atoms in total. The number of likely N-dealkylation sites (tertiary alicyclic amines) is 1. The number of rotatable bonds is 6. The second-order valence-corrected chi connectivity index (χ2v) is 8.35. The van der Waals surface area contributed by atoms with Crippen LogP contribution in [-0.2, 0) is 13.1 Å². The number of carbonyl (C=O) groups is 1. The van der Waals surface area contributed by atoms with E-state index in [0.717, 1.165) is 18.7 Å². The highest BCUT2D eigenvalue weighted by Gasteiger charge is 2.18. The summed E-state index contributed by atoms with van der Waals surface area (Å²) in [6.45, 7) is 4.62. The number of H-pyrrole nitrogens is 1. The normalized spacial score (nSPS) is 16.7. The number of benzene rings is 2. The SMILES string of the molecule is CC1CCCCN1Cc1ccc(CNC(=O)c2cc(=O)[nH]c3ccc([N+](=O)[O-])cc23)cc1. The standard InChI is InChI=1S/C24H26N4O4/c1-16-4-2-3-11-27(16)15-18-7-5-17(6-8-18)14-25-24(30)21-13-23(29)26-22-10-9-19(28(31)32)12-20(21)22/h5-10,12-13,16H,2-4,11,14-15H2,1H3,(H,25,30)(H,26,29). The molecule has 4 rings (SSSR count). The number of nitrogens with zero attached hydrogens (tertiary/aromatic N) is 2. The molecule has 0 aliphatic carbocycles. The Hall–Kier alpha value is -3.52. The van der Waals surface area contributed by atoms with Crippen molar-refractivity contribution in [3.8, 4) is 0 Å². The van der Waals surface area contributed by atoms with Crippen LogP contribution in [0.25, 0.3) is 10.9 Å². The molecule has 0 radical (unpaired) electrons. The topological polar surface area (TPSA) is 108 Å². The highest BCUT2D eigenvalue weighted by atomic mass is 16.6. The Labute approximate surface area is 185 Å². The van der Waals surface area contributed by atoms with Gasteiger partial charge in [0, 0.05) is 48.2 Å². The second kappa shape index (κ2) is 9.32. The lowest BCUT2D eigenvalue weighted by Gasteiger charge is -2.33. The molecule has 1 amide bonds. The predicted molar refractivity (Wildman–Crippen MR) is 123 cm³/mol. The number of carbonyl (C=O) groups excluding carboxylic acids is 1. The number of amides is 1. The molecular formula is C24H26N4O4. The van der Waals surface area contributed by atoms with Gasteiger partial charge in [0.15, 0.2) is 0 Å². The molecule has 32 heavy (non-hydrogen) atoms. The Balaban J connectivity index is 1.45. The molecule has 1 aromatic heterocycles. The molecule has 2 aromatic carbocycles. The van der Waals surface area contributed by atoms with Crippen LogP contribution in [0.3, 0.4) is 0 Å². The van der Waals surface area contributed by atoms with Crippen molar-refractivity contribution in [2.45, 2.75) is 45.3 Å². The van der Waals surface area contributed by atoms with E-state index in [-0.39, 0.29) is 11.3 Å². The van der Waals surface area contributed by atoms with Gasteiger partial charge in [0.2, 0.25) is 5.56 Å². The van der Waals surface area contributed by atoms with Crippen LogP contribution >= 0.6 is 0 Å². The molecule has 1 saturated heterocycles. The van der Waals surface area contributed by atoms with E-state index in [9.17, 15) is 19.7 Å². The van der Waals surface area contributed by atoms with Crippen molar-refractivity contribution < 1.29 is 9.72 Å². The monoisotopic (exact) mass is 434 g/mol. The summed E-state index contributed by atoms with van der Waals surface area (Å²) in [6.07, 6.45) is 3.78. The Kier molecular flexibility index (Phi) is 6.32. The van der Waals surface area contributed by atoms with Gasteiger partial charge in [-0.1, -0.05) is 30.7 Å². The minimum Gasteiger partial charge on any atom is -0.348 e. The molecule has 1 unspecified atom stereocenters. The number of nitro benzene ring substituents is 1. The van der Waals surface area contributed by atoms with Crippen LogP contribution in [0.5, 0.6) is 0 Å². The van der Waals surface area contributed by atoms with Crippen LogP contribution < -0.4 is 10.9 Å². The fourth-order valence-corrected chi connectivity index (χ4v) is 4.21. The van der Waals surface area contributed by atoms with Gasteiger partial charge in [-0.25, -0.2) is 0 Å². The van der Waals surface area contributed by atoms with Crippen molar-refractivity contribution in [1.82, 2.24) is 15.2 Å². The van der Waals surface area contributed by atoms with Gasteiger partial charge < -0.3 is 10.3 Å². The highest BCUT2D eigenvalue weighted by molar-refractivity contribution is 6.06. The van der Waals surface area contributed by atoms with E-state index in [1.165, 1.54) is 49.1 Å². The van der Waals surface area contributed by atoms with Crippen molar-refractivity contribution >= 4 is 22.5 Å². The van der Waals surface area contributed by atoms with Crippen molar-refractivity contribution in [3.05, 3.63) is 85.7 Å². The number of pyridine rings is 1. The summed E-state index contributed by atoms with van der Waals surface area (Å²) >= 11 is 0. The third kappa shape index (κ3) is 4.86. The van der Waals surface area contributed by atoms with Gasteiger partial charge in [0.25, 0.3) is 11.6 Å². The largest absolute Gasteiger partial charge is 0.348 e. The fourth-order valence-electron chi connectivity index (χ4n) is 4.21.